The lowest BCUT2D eigenvalue weighted by molar-refractivity contribution is 0.0161. The largest absolute Gasteiger partial charge is 0.444 e. The van der Waals surface area contributed by atoms with E-state index in [-0.39, 0.29) is 12.2 Å². The quantitative estimate of drug-likeness (QED) is 0.804. The van der Waals surface area contributed by atoms with Crippen LogP contribution in [0.2, 0.25) is 0 Å². The van der Waals surface area contributed by atoms with E-state index < -0.39 is 5.60 Å². The maximum absolute atomic E-state index is 12.0. The van der Waals surface area contributed by atoms with Gasteiger partial charge in [-0.1, -0.05) is 0 Å². The average Bonchev–Trinajstić information content (AvgIpc) is 2.68. The van der Waals surface area contributed by atoms with Crippen molar-refractivity contribution in [3.05, 3.63) is 0 Å². The van der Waals surface area contributed by atoms with Gasteiger partial charge in [-0.05, 0) is 52.4 Å². The van der Waals surface area contributed by atoms with Gasteiger partial charge in [0.15, 0.2) is 0 Å². The topological polar surface area (TPSA) is 49.8 Å². The molecule has 3 aliphatic rings. The lowest BCUT2D eigenvalue weighted by Gasteiger charge is -2.37. The Morgan fingerprint density at radius 2 is 2.18 bits per heavy atom. The van der Waals surface area contributed by atoms with E-state index in [0.29, 0.717) is 17.9 Å². The molecule has 0 radical (unpaired) electrons. The van der Waals surface area contributed by atoms with E-state index in [2.05, 4.69) is 0 Å². The molecule has 4 atom stereocenters. The van der Waals surface area contributed by atoms with Crippen LogP contribution in [0.3, 0.4) is 0 Å². The number of hydrogen-bond donors (Lipinski definition) is 1. The second-order valence-corrected chi connectivity index (χ2v) is 6.44. The van der Waals surface area contributed by atoms with Crippen molar-refractivity contribution >= 4 is 6.09 Å². The molecule has 4 nitrogen and oxygen atoms in total. The summed E-state index contributed by atoms with van der Waals surface area (Å²) in [5.74, 6) is 1.05. The van der Waals surface area contributed by atoms with E-state index >= 15 is 0 Å². The van der Waals surface area contributed by atoms with Gasteiger partial charge in [-0.2, -0.15) is 0 Å². The fourth-order valence-corrected chi connectivity index (χ4v) is 3.01. The molecule has 1 N–H and O–H groups in total. The summed E-state index contributed by atoms with van der Waals surface area (Å²) in [6, 6.07) is 0.296. The van der Waals surface area contributed by atoms with Crippen LogP contribution in [0.1, 0.15) is 40.5 Å². The van der Waals surface area contributed by atoms with Crippen molar-refractivity contribution in [1.29, 1.82) is 0 Å². The van der Waals surface area contributed by atoms with Gasteiger partial charge in [0.05, 0.1) is 6.10 Å². The molecule has 4 heteroatoms. The molecule has 98 valence electrons. The van der Waals surface area contributed by atoms with Crippen molar-refractivity contribution in [1.82, 2.24) is 4.90 Å². The monoisotopic (exact) mass is 241 g/mol. The highest BCUT2D eigenvalue weighted by Gasteiger charge is 2.54. The molecule has 0 spiro atoms. The summed E-state index contributed by atoms with van der Waals surface area (Å²) < 4.78 is 5.40. The smallest absolute Gasteiger partial charge is 0.410 e. The maximum atomic E-state index is 12.0. The zero-order chi connectivity index (χ0) is 12.8. The highest BCUT2D eigenvalue weighted by molar-refractivity contribution is 5.69. The number of amides is 1. The van der Waals surface area contributed by atoms with Gasteiger partial charge >= 0.3 is 6.09 Å². The fourth-order valence-electron chi connectivity index (χ4n) is 3.01. The van der Waals surface area contributed by atoms with Crippen molar-refractivity contribution in [3.8, 4) is 0 Å². The molecule has 1 saturated carbocycles. The molecule has 1 aliphatic carbocycles. The molecule has 2 heterocycles. The molecule has 2 saturated heterocycles. The number of aliphatic hydroxyl groups excluding tert-OH is 1. The van der Waals surface area contributed by atoms with E-state index in [1.807, 2.05) is 32.6 Å². The third-order valence-electron chi connectivity index (χ3n) is 3.72. The van der Waals surface area contributed by atoms with Gasteiger partial charge in [-0.25, -0.2) is 4.79 Å². The number of rotatable bonds is 2. The number of nitrogens with zero attached hydrogens (tertiary/aromatic N) is 1. The second kappa shape index (κ2) is 4.16. The summed E-state index contributed by atoms with van der Waals surface area (Å²) in [6.07, 6.45) is 1.41. The summed E-state index contributed by atoms with van der Waals surface area (Å²) in [6.45, 7) is 8.28. The third kappa shape index (κ3) is 2.57. The molecule has 0 aromatic carbocycles. The van der Waals surface area contributed by atoms with Gasteiger partial charge in [-0.3, -0.25) is 0 Å². The minimum absolute atomic E-state index is 0.196. The first-order valence-corrected chi connectivity index (χ1v) is 6.45. The van der Waals surface area contributed by atoms with Crippen molar-refractivity contribution < 1.29 is 14.6 Å². The van der Waals surface area contributed by atoms with Gasteiger partial charge in [0.1, 0.15) is 5.60 Å². The molecule has 1 amide bonds. The van der Waals surface area contributed by atoms with Crippen molar-refractivity contribution in [2.24, 2.45) is 11.8 Å². The van der Waals surface area contributed by atoms with Gasteiger partial charge in [0.2, 0.25) is 0 Å². The van der Waals surface area contributed by atoms with Gasteiger partial charge < -0.3 is 14.7 Å². The molecule has 2 aliphatic heterocycles. The van der Waals surface area contributed by atoms with Crippen LogP contribution in [0.5, 0.6) is 0 Å². The Bertz CT molecular complexity index is 308. The Balaban J connectivity index is 1.91. The Labute approximate surface area is 103 Å². The van der Waals surface area contributed by atoms with Crippen molar-refractivity contribution in [2.45, 2.75) is 58.3 Å². The SMILES string of the molecule is CC(O)CC1[C@H]2C[C@@H]1N(C(=O)OC(C)(C)C)C2. The molecular formula is C13H23NO3. The van der Waals surface area contributed by atoms with Crippen LogP contribution in [0.25, 0.3) is 0 Å². The molecular weight excluding hydrogens is 218 g/mol. The number of fused-ring (bicyclic) bond motifs is 1. The molecule has 0 aromatic heterocycles. The van der Waals surface area contributed by atoms with Gasteiger partial charge in [0, 0.05) is 12.6 Å². The lowest BCUT2D eigenvalue weighted by atomic mass is 9.71. The Morgan fingerprint density at radius 1 is 1.53 bits per heavy atom. The first-order valence-electron chi connectivity index (χ1n) is 6.45. The summed E-state index contributed by atoms with van der Waals surface area (Å²) in [4.78, 5) is 13.8. The molecule has 2 bridgehead atoms. The molecule has 17 heavy (non-hydrogen) atoms. The predicted molar refractivity (Wildman–Crippen MR) is 64.6 cm³/mol. The van der Waals surface area contributed by atoms with Crippen molar-refractivity contribution in [2.75, 3.05) is 6.54 Å². The number of aliphatic hydroxyl groups is 1. The average molecular weight is 241 g/mol. The van der Waals surface area contributed by atoms with Crippen LogP contribution in [-0.2, 0) is 4.74 Å². The zero-order valence-corrected chi connectivity index (χ0v) is 11.1. The highest BCUT2D eigenvalue weighted by atomic mass is 16.6. The summed E-state index contributed by atoms with van der Waals surface area (Å²) in [7, 11) is 0. The molecule has 3 fully saturated rings. The molecule has 0 aromatic rings. The first-order chi connectivity index (χ1) is 7.78. The molecule has 3 rings (SSSR count). The first kappa shape index (κ1) is 12.7. The summed E-state index contributed by atoms with van der Waals surface area (Å²) >= 11 is 0. The second-order valence-electron chi connectivity index (χ2n) is 6.44. The van der Waals surface area contributed by atoms with Crippen LogP contribution in [0, 0.1) is 11.8 Å². The zero-order valence-electron chi connectivity index (χ0n) is 11.1. The van der Waals surface area contributed by atoms with E-state index in [1.165, 1.54) is 0 Å². The predicted octanol–water partition coefficient (Wildman–Crippen LogP) is 2.01. The van der Waals surface area contributed by atoms with Crippen LogP contribution < -0.4 is 0 Å². The number of carbonyl (C=O) groups excluding carboxylic acids is 1. The fraction of sp³-hybridized carbons (Fsp3) is 0.923. The van der Waals surface area contributed by atoms with Crippen molar-refractivity contribution in [3.63, 3.8) is 0 Å². The highest BCUT2D eigenvalue weighted by Crippen LogP contribution is 2.48. The van der Waals surface area contributed by atoms with Crippen LogP contribution in [0.15, 0.2) is 0 Å². The van der Waals surface area contributed by atoms with Gasteiger partial charge in [0.25, 0.3) is 0 Å². The normalized spacial score (nSPS) is 33.2. The third-order valence-corrected chi connectivity index (χ3v) is 3.72. The molecule has 2 unspecified atom stereocenters. The van der Waals surface area contributed by atoms with Crippen LogP contribution >= 0.6 is 0 Å². The van der Waals surface area contributed by atoms with Crippen LogP contribution in [0.4, 0.5) is 4.79 Å². The Kier molecular flexibility index (Phi) is 3.10. The summed E-state index contributed by atoms with van der Waals surface area (Å²) in [5, 5.41) is 9.43. The van der Waals surface area contributed by atoms with E-state index in [4.69, 9.17) is 4.74 Å². The van der Waals surface area contributed by atoms with Crippen LogP contribution in [-0.4, -0.2) is 40.4 Å². The number of hydrogen-bond acceptors (Lipinski definition) is 3. The minimum Gasteiger partial charge on any atom is -0.444 e. The van der Waals surface area contributed by atoms with E-state index in [0.717, 1.165) is 19.4 Å². The standard InChI is InChI=1S/C13H23NO3/c1-8(15)5-10-9-6-11(10)14(7-9)12(16)17-13(2,3)4/h8-11,15H,5-7H2,1-4H3/t8?,9-,10?,11-/m0/s1. The Hall–Kier alpha value is -0.770. The Morgan fingerprint density at radius 3 is 2.71 bits per heavy atom. The number of ether oxygens (including phenoxy) is 1. The lowest BCUT2D eigenvalue weighted by Crippen LogP contribution is -2.44. The van der Waals surface area contributed by atoms with Gasteiger partial charge in [-0.15, -0.1) is 0 Å². The van der Waals surface area contributed by atoms with E-state index in [9.17, 15) is 9.90 Å². The minimum atomic E-state index is -0.427. The number of carbonyl (C=O) groups is 1. The van der Waals surface area contributed by atoms with E-state index in [1.54, 1.807) is 0 Å². The summed E-state index contributed by atoms with van der Waals surface area (Å²) in [5.41, 5.74) is -0.427. The maximum Gasteiger partial charge on any atom is 0.410 e.